The lowest BCUT2D eigenvalue weighted by atomic mass is 10.1. The van der Waals surface area contributed by atoms with Gasteiger partial charge >= 0.3 is 0 Å². The fraction of sp³-hybridized carbons (Fsp3) is 0.429. The lowest BCUT2D eigenvalue weighted by Crippen LogP contribution is -2.34. The Morgan fingerprint density at radius 3 is 2.90 bits per heavy atom. The summed E-state index contributed by atoms with van der Waals surface area (Å²) in [6.45, 7) is 1.89. The van der Waals surface area contributed by atoms with Crippen LogP contribution in [0.1, 0.15) is 18.4 Å². The molecular formula is C14H16ClN3O2. The highest BCUT2D eigenvalue weighted by Crippen LogP contribution is 2.20. The summed E-state index contributed by atoms with van der Waals surface area (Å²) >= 11 is 5.90. The van der Waals surface area contributed by atoms with Crippen molar-refractivity contribution in [2.75, 3.05) is 25.0 Å². The second kappa shape index (κ2) is 7.25. The molecule has 5 nitrogen and oxygen atoms in total. The van der Waals surface area contributed by atoms with Crippen LogP contribution in [-0.4, -0.2) is 31.7 Å². The number of rotatable bonds is 4. The van der Waals surface area contributed by atoms with Crippen LogP contribution in [0.4, 0.5) is 5.69 Å². The minimum atomic E-state index is -0.218. The molecule has 0 saturated carbocycles. The second-order valence-corrected chi connectivity index (χ2v) is 5.02. The number of benzene rings is 1. The van der Waals surface area contributed by atoms with Gasteiger partial charge in [0.15, 0.2) is 0 Å². The number of ether oxygens (including phenoxy) is 1. The van der Waals surface area contributed by atoms with Crippen LogP contribution in [0.15, 0.2) is 18.2 Å². The highest BCUT2D eigenvalue weighted by molar-refractivity contribution is 6.32. The maximum absolute atomic E-state index is 11.8. The predicted octanol–water partition coefficient (Wildman–Crippen LogP) is 1.92. The van der Waals surface area contributed by atoms with E-state index in [1.165, 1.54) is 0 Å². The largest absolute Gasteiger partial charge is 0.368 e. The van der Waals surface area contributed by atoms with Gasteiger partial charge in [-0.05, 0) is 44.1 Å². The fourth-order valence-electron chi connectivity index (χ4n) is 2.04. The van der Waals surface area contributed by atoms with Gasteiger partial charge in [-0.1, -0.05) is 11.6 Å². The third kappa shape index (κ3) is 4.20. The number of carbonyl (C=O) groups excluding carboxylic acids is 1. The molecule has 1 fully saturated rings. The van der Waals surface area contributed by atoms with Crippen molar-refractivity contribution in [2.24, 2.45) is 0 Å². The average Bonchev–Trinajstić information content (AvgIpc) is 2.46. The summed E-state index contributed by atoms with van der Waals surface area (Å²) in [6, 6.07) is 6.75. The summed E-state index contributed by atoms with van der Waals surface area (Å²) in [5.41, 5.74) is 0.948. The van der Waals surface area contributed by atoms with E-state index in [2.05, 4.69) is 10.6 Å². The molecule has 0 aliphatic carbocycles. The van der Waals surface area contributed by atoms with Gasteiger partial charge in [-0.15, -0.1) is 0 Å². The number of anilines is 1. The third-order valence-corrected chi connectivity index (χ3v) is 3.42. The number of nitrogens with zero attached hydrogens (tertiary/aromatic N) is 1. The van der Waals surface area contributed by atoms with Crippen LogP contribution < -0.4 is 10.6 Å². The van der Waals surface area contributed by atoms with Gasteiger partial charge in [-0.25, -0.2) is 0 Å². The van der Waals surface area contributed by atoms with Gasteiger partial charge in [-0.2, -0.15) is 5.26 Å². The van der Waals surface area contributed by atoms with E-state index in [9.17, 15) is 4.79 Å². The molecule has 106 valence electrons. The maximum atomic E-state index is 11.8. The van der Waals surface area contributed by atoms with Crippen LogP contribution in [-0.2, 0) is 9.53 Å². The molecule has 1 aliphatic rings. The number of halogens is 1. The molecule has 0 bridgehead atoms. The van der Waals surface area contributed by atoms with Crippen LogP contribution in [0.5, 0.6) is 0 Å². The van der Waals surface area contributed by atoms with Gasteiger partial charge in [0.05, 0.1) is 16.7 Å². The first-order valence-electron chi connectivity index (χ1n) is 6.51. The van der Waals surface area contributed by atoms with Crippen molar-refractivity contribution >= 4 is 23.2 Å². The lowest BCUT2D eigenvalue weighted by molar-refractivity contribution is -0.123. The quantitative estimate of drug-likeness (QED) is 0.889. The number of piperidine rings is 1. The maximum Gasteiger partial charge on any atom is 0.250 e. The van der Waals surface area contributed by atoms with Crippen LogP contribution >= 0.6 is 11.6 Å². The van der Waals surface area contributed by atoms with Gasteiger partial charge in [0.2, 0.25) is 5.91 Å². The normalized spacial score (nSPS) is 15.6. The van der Waals surface area contributed by atoms with Crippen LogP contribution in [0.2, 0.25) is 5.02 Å². The first-order chi connectivity index (χ1) is 9.69. The van der Waals surface area contributed by atoms with E-state index >= 15 is 0 Å². The van der Waals surface area contributed by atoms with Gasteiger partial charge in [-0.3, -0.25) is 4.79 Å². The molecule has 0 aromatic heterocycles. The molecule has 0 spiro atoms. The SMILES string of the molecule is N#Cc1ccc(NC(=O)COC2CCNCC2)cc1Cl. The van der Waals surface area contributed by atoms with Crippen LogP contribution in [0, 0.1) is 11.3 Å². The molecule has 1 saturated heterocycles. The van der Waals surface area contributed by atoms with E-state index in [1.807, 2.05) is 6.07 Å². The number of nitrogens with one attached hydrogen (secondary N) is 2. The lowest BCUT2D eigenvalue weighted by Gasteiger charge is -2.22. The molecule has 20 heavy (non-hydrogen) atoms. The molecule has 6 heteroatoms. The zero-order chi connectivity index (χ0) is 14.4. The van der Waals surface area contributed by atoms with Crippen LogP contribution in [0.25, 0.3) is 0 Å². The Bertz CT molecular complexity index is 522. The number of amides is 1. The molecule has 1 heterocycles. The monoisotopic (exact) mass is 293 g/mol. The van der Waals surface area contributed by atoms with E-state index in [-0.39, 0.29) is 18.6 Å². The molecule has 1 aromatic rings. The molecule has 0 radical (unpaired) electrons. The summed E-state index contributed by atoms with van der Waals surface area (Å²) in [5.74, 6) is -0.218. The van der Waals surface area contributed by atoms with Crippen molar-refractivity contribution in [1.82, 2.24) is 5.32 Å². The standard InChI is InChI=1S/C14H16ClN3O2/c15-13-7-11(2-1-10(13)8-16)18-14(19)9-20-12-3-5-17-6-4-12/h1-2,7,12,17H,3-6,9H2,(H,18,19). The zero-order valence-corrected chi connectivity index (χ0v) is 11.7. The summed E-state index contributed by atoms with van der Waals surface area (Å²) in [4.78, 5) is 11.8. The van der Waals surface area contributed by atoms with Gasteiger partial charge in [0.1, 0.15) is 12.7 Å². The van der Waals surface area contributed by atoms with Gasteiger partial charge in [0, 0.05) is 5.69 Å². The van der Waals surface area contributed by atoms with Gasteiger partial charge < -0.3 is 15.4 Å². The van der Waals surface area contributed by atoms with Crippen molar-refractivity contribution in [2.45, 2.75) is 18.9 Å². The van der Waals surface area contributed by atoms with Crippen molar-refractivity contribution in [3.05, 3.63) is 28.8 Å². The number of carbonyl (C=O) groups is 1. The molecular weight excluding hydrogens is 278 g/mol. The highest BCUT2D eigenvalue weighted by atomic mass is 35.5. The van der Waals surface area contributed by atoms with Crippen molar-refractivity contribution in [3.8, 4) is 6.07 Å². The minimum absolute atomic E-state index is 0.0300. The van der Waals surface area contributed by atoms with E-state index in [4.69, 9.17) is 21.6 Å². The number of nitriles is 1. The molecule has 0 atom stereocenters. The first kappa shape index (κ1) is 14.8. The first-order valence-corrected chi connectivity index (χ1v) is 6.88. The van der Waals surface area contributed by atoms with E-state index in [0.29, 0.717) is 16.3 Å². The predicted molar refractivity (Wildman–Crippen MR) is 76.6 cm³/mol. The third-order valence-electron chi connectivity index (χ3n) is 3.11. The number of hydrogen-bond donors (Lipinski definition) is 2. The molecule has 1 amide bonds. The summed E-state index contributed by atoms with van der Waals surface area (Å²) in [5, 5.41) is 15.0. The van der Waals surface area contributed by atoms with Gasteiger partial charge in [0.25, 0.3) is 0 Å². The van der Waals surface area contributed by atoms with Crippen molar-refractivity contribution in [1.29, 1.82) is 5.26 Å². The number of hydrogen-bond acceptors (Lipinski definition) is 4. The Morgan fingerprint density at radius 1 is 1.50 bits per heavy atom. The fourth-order valence-corrected chi connectivity index (χ4v) is 2.26. The Hall–Kier alpha value is -1.61. The summed E-state index contributed by atoms with van der Waals surface area (Å²) in [6.07, 6.45) is 2.00. The topological polar surface area (TPSA) is 74.2 Å². The minimum Gasteiger partial charge on any atom is -0.368 e. The van der Waals surface area contributed by atoms with E-state index < -0.39 is 0 Å². The van der Waals surface area contributed by atoms with Crippen molar-refractivity contribution in [3.63, 3.8) is 0 Å². The molecule has 1 aromatic carbocycles. The Balaban J connectivity index is 1.82. The zero-order valence-electron chi connectivity index (χ0n) is 11.0. The molecule has 2 rings (SSSR count). The second-order valence-electron chi connectivity index (χ2n) is 4.61. The molecule has 1 aliphatic heterocycles. The highest BCUT2D eigenvalue weighted by Gasteiger charge is 2.15. The molecule has 2 N–H and O–H groups in total. The Morgan fingerprint density at radius 2 is 2.25 bits per heavy atom. The molecule has 0 unspecified atom stereocenters. The van der Waals surface area contributed by atoms with E-state index in [1.54, 1.807) is 18.2 Å². The summed E-state index contributed by atoms with van der Waals surface area (Å²) < 4.78 is 5.55. The Kier molecular flexibility index (Phi) is 5.36. The smallest absolute Gasteiger partial charge is 0.250 e. The van der Waals surface area contributed by atoms with E-state index in [0.717, 1.165) is 25.9 Å². The average molecular weight is 294 g/mol. The van der Waals surface area contributed by atoms with Crippen LogP contribution in [0.3, 0.4) is 0 Å². The van der Waals surface area contributed by atoms with Crippen molar-refractivity contribution < 1.29 is 9.53 Å². The Labute approximate surface area is 122 Å². The summed E-state index contributed by atoms with van der Waals surface area (Å²) in [7, 11) is 0.